The van der Waals surface area contributed by atoms with Crippen LogP contribution < -0.4 is 5.32 Å². The normalized spacial score (nSPS) is 12.6. The zero-order valence-electron chi connectivity index (χ0n) is 18.3. The molecule has 0 saturated carbocycles. The molecule has 0 aliphatic heterocycles. The van der Waals surface area contributed by atoms with E-state index in [-0.39, 0.29) is 12.5 Å². The molecule has 5 nitrogen and oxygen atoms in total. The van der Waals surface area contributed by atoms with Crippen LogP contribution >= 0.6 is 11.8 Å². The topological polar surface area (TPSA) is 79.5 Å². The van der Waals surface area contributed by atoms with Gasteiger partial charge in [-0.1, -0.05) is 36.8 Å². The zero-order chi connectivity index (χ0) is 22.6. The number of allylic oxidation sites excluding steroid dienone is 1. The first-order valence-corrected chi connectivity index (χ1v) is 12.2. The van der Waals surface area contributed by atoms with Crippen molar-refractivity contribution < 1.29 is 19.1 Å². The first-order chi connectivity index (χ1) is 15.7. The molecule has 0 saturated heterocycles. The molecule has 0 spiro atoms. The lowest BCUT2D eigenvalue weighted by Crippen LogP contribution is -2.34. The van der Waals surface area contributed by atoms with Gasteiger partial charge in [-0.25, -0.2) is 0 Å². The van der Waals surface area contributed by atoms with E-state index in [1.54, 1.807) is 11.8 Å². The Hall–Kier alpha value is -2.57. The van der Waals surface area contributed by atoms with E-state index in [4.69, 9.17) is 4.42 Å². The summed E-state index contributed by atoms with van der Waals surface area (Å²) in [5.74, 6) is -0.0983. The molecule has 0 bridgehead atoms. The first kappa shape index (κ1) is 24.1. The minimum atomic E-state index is -0.787. The van der Waals surface area contributed by atoms with Gasteiger partial charge in [-0.15, -0.1) is 11.8 Å². The van der Waals surface area contributed by atoms with E-state index < -0.39 is 5.97 Å². The van der Waals surface area contributed by atoms with Crippen molar-refractivity contribution in [2.75, 3.05) is 12.3 Å². The molecular weight excluding hydrogens is 422 g/mol. The van der Waals surface area contributed by atoms with Crippen LogP contribution in [0.2, 0.25) is 0 Å². The van der Waals surface area contributed by atoms with Gasteiger partial charge in [0.1, 0.15) is 17.5 Å². The molecule has 1 heterocycles. The van der Waals surface area contributed by atoms with Gasteiger partial charge < -0.3 is 19.6 Å². The van der Waals surface area contributed by atoms with Crippen LogP contribution in [0.1, 0.15) is 44.9 Å². The summed E-state index contributed by atoms with van der Waals surface area (Å²) in [5.41, 5.74) is 1.75. The Bertz CT molecular complexity index is 1040. The average molecular weight is 454 g/mol. The maximum Gasteiger partial charge on any atom is 0.304 e. The number of carboxylic acid groups (broad SMARTS) is 1. The van der Waals surface area contributed by atoms with Gasteiger partial charge in [-0.2, -0.15) is 0 Å². The number of benzene rings is 2. The molecule has 32 heavy (non-hydrogen) atoms. The number of aldehydes is 1. The van der Waals surface area contributed by atoms with Gasteiger partial charge in [-0.05, 0) is 56.5 Å². The number of carboxylic acids is 1. The fraction of sp³-hybridized carbons (Fsp3) is 0.385. The number of hydrogen-bond donors (Lipinski definition) is 2. The maximum atomic E-state index is 11.3. The quantitative estimate of drug-likeness (QED) is 0.123. The number of rotatable bonds is 15. The van der Waals surface area contributed by atoms with Crippen molar-refractivity contribution in [2.24, 2.45) is 0 Å². The highest BCUT2D eigenvalue weighted by Gasteiger charge is 2.14. The lowest BCUT2D eigenvalue weighted by Gasteiger charge is -2.16. The number of carbonyl (C=O) groups excluding carboxylic acids is 1. The molecule has 2 N–H and O–H groups in total. The predicted octanol–water partition coefficient (Wildman–Crippen LogP) is 6.21. The van der Waals surface area contributed by atoms with Crippen LogP contribution in [-0.4, -0.2) is 35.7 Å². The minimum absolute atomic E-state index is 0.0916. The third-order valence-electron chi connectivity index (χ3n) is 5.32. The molecule has 1 aromatic heterocycles. The molecule has 3 rings (SSSR count). The van der Waals surface area contributed by atoms with Crippen LogP contribution in [0.3, 0.4) is 0 Å². The fourth-order valence-corrected chi connectivity index (χ4v) is 4.66. The highest BCUT2D eigenvalue weighted by atomic mass is 32.2. The SMILES string of the molecule is O=CCCCCC/C=C/CCN[C@H](CSc1ccc2oc3ccccc3c2c1)CC(=O)O. The smallest absolute Gasteiger partial charge is 0.304 e. The van der Waals surface area contributed by atoms with Crippen molar-refractivity contribution in [3.63, 3.8) is 0 Å². The third-order valence-corrected chi connectivity index (χ3v) is 6.48. The van der Waals surface area contributed by atoms with Crippen LogP contribution in [-0.2, 0) is 9.59 Å². The van der Waals surface area contributed by atoms with Gasteiger partial charge in [0.25, 0.3) is 0 Å². The average Bonchev–Trinajstić information content (AvgIpc) is 3.16. The fourth-order valence-electron chi connectivity index (χ4n) is 3.67. The van der Waals surface area contributed by atoms with Gasteiger partial charge in [-0.3, -0.25) is 4.79 Å². The van der Waals surface area contributed by atoms with E-state index >= 15 is 0 Å². The zero-order valence-corrected chi connectivity index (χ0v) is 19.1. The summed E-state index contributed by atoms with van der Waals surface area (Å²) in [7, 11) is 0. The molecule has 1 atom stereocenters. The molecular formula is C26H31NO4S. The van der Waals surface area contributed by atoms with Crippen molar-refractivity contribution in [3.05, 3.63) is 54.6 Å². The predicted molar refractivity (Wildman–Crippen MR) is 131 cm³/mol. The van der Waals surface area contributed by atoms with Crippen LogP contribution in [0.4, 0.5) is 0 Å². The van der Waals surface area contributed by atoms with E-state index in [9.17, 15) is 14.7 Å². The number of unbranched alkanes of at least 4 members (excludes halogenated alkanes) is 4. The summed E-state index contributed by atoms with van der Waals surface area (Å²) < 4.78 is 5.88. The third kappa shape index (κ3) is 7.53. The molecule has 0 unspecified atom stereocenters. The van der Waals surface area contributed by atoms with Crippen molar-refractivity contribution in [3.8, 4) is 0 Å². The van der Waals surface area contributed by atoms with Crippen molar-refractivity contribution in [1.82, 2.24) is 5.32 Å². The Morgan fingerprint density at radius 2 is 1.78 bits per heavy atom. The second kappa shape index (κ2) is 13.1. The van der Waals surface area contributed by atoms with Crippen molar-refractivity contribution in [1.29, 1.82) is 0 Å². The van der Waals surface area contributed by atoms with Crippen molar-refractivity contribution in [2.45, 2.75) is 55.9 Å². The highest BCUT2D eigenvalue weighted by Crippen LogP contribution is 2.32. The monoisotopic (exact) mass is 453 g/mol. The Balaban J connectivity index is 1.46. The lowest BCUT2D eigenvalue weighted by atomic mass is 10.1. The lowest BCUT2D eigenvalue weighted by molar-refractivity contribution is -0.137. The van der Waals surface area contributed by atoms with E-state index in [2.05, 4.69) is 29.6 Å². The summed E-state index contributed by atoms with van der Waals surface area (Å²) in [5, 5.41) is 14.9. The minimum Gasteiger partial charge on any atom is -0.481 e. The van der Waals surface area contributed by atoms with Gasteiger partial charge in [0.15, 0.2) is 0 Å². The molecule has 0 fully saturated rings. The number of thioether (sulfide) groups is 1. The second-order valence-corrected chi connectivity index (χ2v) is 8.97. The number of hydrogen-bond acceptors (Lipinski definition) is 5. The first-order valence-electron chi connectivity index (χ1n) is 11.3. The summed E-state index contributed by atoms with van der Waals surface area (Å²) in [4.78, 5) is 22.7. The van der Waals surface area contributed by atoms with Crippen LogP contribution in [0.5, 0.6) is 0 Å². The standard InChI is InChI=1S/C26H31NO4S/c28-16-10-6-4-2-1-3-5-9-15-27-20(17-26(29)30)19-32-21-13-14-25-23(18-21)22-11-7-8-12-24(22)31-25/h3,5,7-8,11-14,16,18,20,27H,1-2,4,6,9-10,15,17,19H2,(H,29,30)/b5-3+/t20-/m0/s1. The largest absolute Gasteiger partial charge is 0.481 e. The van der Waals surface area contributed by atoms with Crippen molar-refractivity contribution >= 4 is 46.0 Å². The Morgan fingerprint density at radius 3 is 2.62 bits per heavy atom. The molecule has 0 amide bonds. The molecule has 0 radical (unpaired) electrons. The molecule has 0 aliphatic carbocycles. The maximum absolute atomic E-state index is 11.3. The Labute approximate surface area is 193 Å². The molecule has 3 aromatic rings. The Morgan fingerprint density at radius 1 is 1.00 bits per heavy atom. The highest BCUT2D eigenvalue weighted by molar-refractivity contribution is 7.99. The van der Waals surface area contributed by atoms with E-state index in [0.717, 1.165) is 71.8 Å². The molecule has 6 heteroatoms. The van der Waals surface area contributed by atoms with Gasteiger partial charge in [0, 0.05) is 33.9 Å². The van der Waals surface area contributed by atoms with E-state index in [1.807, 2.05) is 30.3 Å². The van der Waals surface area contributed by atoms with Crippen LogP contribution in [0.25, 0.3) is 21.9 Å². The number of para-hydroxylation sites is 1. The number of aliphatic carboxylic acids is 1. The van der Waals surface area contributed by atoms with Gasteiger partial charge >= 0.3 is 5.97 Å². The summed E-state index contributed by atoms with van der Waals surface area (Å²) in [6, 6.07) is 14.1. The number of nitrogens with one attached hydrogen (secondary N) is 1. The summed E-state index contributed by atoms with van der Waals surface area (Å²) in [6.07, 6.45) is 11.1. The van der Waals surface area contributed by atoms with E-state index in [0.29, 0.717) is 12.2 Å². The Kier molecular flexibility index (Phi) is 9.85. The van der Waals surface area contributed by atoms with Gasteiger partial charge in [0.05, 0.1) is 6.42 Å². The number of furan rings is 1. The van der Waals surface area contributed by atoms with E-state index in [1.165, 1.54) is 0 Å². The van der Waals surface area contributed by atoms with Crippen LogP contribution in [0, 0.1) is 0 Å². The number of fused-ring (bicyclic) bond motifs is 3. The summed E-state index contributed by atoms with van der Waals surface area (Å²) >= 11 is 1.67. The number of carbonyl (C=O) groups is 2. The molecule has 2 aromatic carbocycles. The second-order valence-electron chi connectivity index (χ2n) is 7.88. The summed E-state index contributed by atoms with van der Waals surface area (Å²) in [6.45, 7) is 0.756. The van der Waals surface area contributed by atoms with Gasteiger partial charge in [0.2, 0.25) is 0 Å². The molecule has 0 aliphatic rings. The van der Waals surface area contributed by atoms with Crippen LogP contribution in [0.15, 0.2) is 63.9 Å². The molecule has 170 valence electrons.